The number of unbranched alkanes of at least 4 members (excludes halogenated alkanes) is 1. The summed E-state index contributed by atoms with van der Waals surface area (Å²) >= 11 is 6.15. The fourth-order valence-corrected chi connectivity index (χ4v) is 1.87. The van der Waals surface area contributed by atoms with E-state index in [0.29, 0.717) is 0 Å². The molecule has 3 N–H and O–H groups in total. The average Bonchev–Trinajstić information content (AvgIpc) is 2.35. The van der Waals surface area contributed by atoms with Gasteiger partial charge in [0.2, 0.25) is 0 Å². The molecule has 0 saturated carbocycles. The molecular formula is C13H21ClN2O. The van der Waals surface area contributed by atoms with Crippen LogP contribution in [0.1, 0.15) is 18.4 Å². The topological polar surface area (TPSA) is 47.3 Å². The van der Waals surface area contributed by atoms with Crippen molar-refractivity contribution in [3.63, 3.8) is 0 Å². The Morgan fingerprint density at radius 2 is 2.12 bits per heavy atom. The minimum absolute atomic E-state index is 0.770. The molecule has 0 aliphatic heterocycles. The molecule has 3 nitrogen and oxygen atoms in total. The molecule has 0 bridgehead atoms. The van der Waals surface area contributed by atoms with Crippen molar-refractivity contribution in [2.24, 2.45) is 5.73 Å². The van der Waals surface area contributed by atoms with E-state index < -0.39 is 0 Å². The fourth-order valence-electron chi connectivity index (χ4n) is 1.60. The number of rotatable bonds is 8. The summed E-state index contributed by atoms with van der Waals surface area (Å²) in [6.45, 7) is 2.73. The summed E-state index contributed by atoms with van der Waals surface area (Å²) in [5, 5.41) is 4.15. The molecule has 0 atom stereocenters. The molecule has 0 amide bonds. The van der Waals surface area contributed by atoms with Crippen LogP contribution in [0, 0.1) is 0 Å². The SMILES string of the molecule is COc1ccc(CCNCCCCN)c(Cl)c1. The minimum Gasteiger partial charge on any atom is -0.497 e. The van der Waals surface area contributed by atoms with Crippen molar-refractivity contribution in [1.82, 2.24) is 5.32 Å². The van der Waals surface area contributed by atoms with Gasteiger partial charge in [-0.2, -0.15) is 0 Å². The largest absolute Gasteiger partial charge is 0.497 e. The van der Waals surface area contributed by atoms with E-state index in [1.807, 2.05) is 18.2 Å². The van der Waals surface area contributed by atoms with Crippen molar-refractivity contribution in [3.8, 4) is 5.75 Å². The minimum atomic E-state index is 0.770. The highest BCUT2D eigenvalue weighted by Crippen LogP contribution is 2.22. The van der Waals surface area contributed by atoms with E-state index in [2.05, 4.69) is 5.32 Å². The lowest BCUT2D eigenvalue weighted by Crippen LogP contribution is -2.19. The molecule has 1 aromatic carbocycles. The molecule has 1 aromatic rings. The summed E-state index contributed by atoms with van der Waals surface area (Å²) in [5.41, 5.74) is 6.58. The van der Waals surface area contributed by atoms with Crippen molar-refractivity contribution in [3.05, 3.63) is 28.8 Å². The maximum Gasteiger partial charge on any atom is 0.120 e. The highest BCUT2D eigenvalue weighted by atomic mass is 35.5. The van der Waals surface area contributed by atoms with E-state index in [-0.39, 0.29) is 0 Å². The number of halogens is 1. The Morgan fingerprint density at radius 3 is 2.76 bits per heavy atom. The van der Waals surface area contributed by atoms with Crippen LogP contribution in [0.5, 0.6) is 5.75 Å². The fraction of sp³-hybridized carbons (Fsp3) is 0.538. The van der Waals surface area contributed by atoms with Gasteiger partial charge >= 0.3 is 0 Å². The summed E-state index contributed by atoms with van der Waals surface area (Å²) in [4.78, 5) is 0. The van der Waals surface area contributed by atoms with Crippen LogP contribution >= 0.6 is 11.6 Å². The van der Waals surface area contributed by atoms with Crippen LogP contribution in [-0.4, -0.2) is 26.7 Å². The quantitative estimate of drug-likeness (QED) is 0.701. The molecular weight excluding hydrogens is 236 g/mol. The number of ether oxygens (including phenoxy) is 1. The third-order valence-corrected chi connectivity index (χ3v) is 2.99. The number of nitrogens with two attached hydrogens (primary N) is 1. The van der Waals surface area contributed by atoms with Crippen LogP contribution < -0.4 is 15.8 Å². The highest BCUT2D eigenvalue weighted by molar-refractivity contribution is 6.31. The second-order valence-corrected chi connectivity index (χ2v) is 4.36. The van der Waals surface area contributed by atoms with E-state index in [4.69, 9.17) is 22.1 Å². The molecule has 0 unspecified atom stereocenters. The molecule has 0 aliphatic carbocycles. The van der Waals surface area contributed by atoms with Crippen LogP contribution in [0.3, 0.4) is 0 Å². The zero-order chi connectivity index (χ0) is 12.5. The standard InChI is InChI=1S/C13H21ClN2O/c1-17-12-5-4-11(13(14)10-12)6-9-16-8-3-2-7-15/h4-5,10,16H,2-3,6-9,15H2,1H3. The summed E-state index contributed by atoms with van der Waals surface area (Å²) in [5.74, 6) is 0.801. The van der Waals surface area contributed by atoms with Gasteiger partial charge < -0.3 is 15.8 Å². The van der Waals surface area contributed by atoms with Crippen molar-refractivity contribution in [2.45, 2.75) is 19.3 Å². The first kappa shape index (κ1) is 14.3. The molecule has 0 fully saturated rings. The molecule has 0 spiro atoms. The van der Waals surface area contributed by atoms with E-state index in [1.54, 1.807) is 7.11 Å². The van der Waals surface area contributed by atoms with Gasteiger partial charge in [-0.15, -0.1) is 0 Å². The molecule has 0 saturated heterocycles. The maximum atomic E-state index is 6.15. The average molecular weight is 257 g/mol. The highest BCUT2D eigenvalue weighted by Gasteiger charge is 2.01. The molecule has 0 aliphatic rings. The molecule has 17 heavy (non-hydrogen) atoms. The van der Waals surface area contributed by atoms with Crippen molar-refractivity contribution >= 4 is 11.6 Å². The Morgan fingerprint density at radius 1 is 1.29 bits per heavy atom. The van der Waals surface area contributed by atoms with Crippen LogP contribution in [0.15, 0.2) is 18.2 Å². The van der Waals surface area contributed by atoms with Gasteiger partial charge in [0.25, 0.3) is 0 Å². The van der Waals surface area contributed by atoms with Crippen molar-refractivity contribution in [1.29, 1.82) is 0 Å². The second-order valence-electron chi connectivity index (χ2n) is 3.95. The monoisotopic (exact) mass is 256 g/mol. The van der Waals surface area contributed by atoms with Crippen molar-refractivity contribution in [2.75, 3.05) is 26.7 Å². The molecule has 1 rings (SSSR count). The van der Waals surface area contributed by atoms with Gasteiger partial charge in [0.1, 0.15) is 5.75 Å². The predicted octanol–water partition coefficient (Wildman–Crippen LogP) is 2.22. The number of hydrogen-bond donors (Lipinski definition) is 2. The van der Waals surface area contributed by atoms with Gasteiger partial charge in [-0.05, 0) is 56.6 Å². The lowest BCUT2D eigenvalue weighted by atomic mass is 10.1. The van der Waals surface area contributed by atoms with Gasteiger partial charge in [0.05, 0.1) is 7.11 Å². The lowest BCUT2D eigenvalue weighted by molar-refractivity contribution is 0.414. The first-order chi connectivity index (χ1) is 8.27. The van der Waals surface area contributed by atoms with E-state index in [9.17, 15) is 0 Å². The van der Waals surface area contributed by atoms with Crippen LogP contribution in [0.4, 0.5) is 0 Å². The lowest BCUT2D eigenvalue weighted by Gasteiger charge is -2.07. The van der Waals surface area contributed by atoms with Crippen molar-refractivity contribution < 1.29 is 4.74 Å². The molecule has 0 radical (unpaired) electrons. The Labute approximate surface area is 108 Å². The number of methoxy groups -OCH3 is 1. The molecule has 0 heterocycles. The zero-order valence-corrected chi connectivity index (χ0v) is 11.1. The number of benzene rings is 1. The normalized spacial score (nSPS) is 10.5. The first-order valence-corrected chi connectivity index (χ1v) is 6.39. The van der Waals surface area contributed by atoms with Gasteiger partial charge in [-0.25, -0.2) is 0 Å². The third-order valence-electron chi connectivity index (χ3n) is 2.64. The van der Waals surface area contributed by atoms with Crippen LogP contribution in [0.25, 0.3) is 0 Å². The molecule has 0 aromatic heterocycles. The first-order valence-electron chi connectivity index (χ1n) is 6.01. The second kappa shape index (κ2) is 8.34. The van der Waals surface area contributed by atoms with E-state index >= 15 is 0 Å². The Kier molecular flexibility index (Phi) is 7.01. The molecule has 96 valence electrons. The number of hydrogen-bond acceptors (Lipinski definition) is 3. The smallest absolute Gasteiger partial charge is 0.120 e. The zero-order valence-electron chi connectivity index (χ0n) is 10.3. The van der Waals surface area contributed by atoms with Gasteiger partial charge in [-0.3, -0.25) is 0 Å². The summed E-state index contributed by atoms with van der Waals surface area (Å²) in [6.07, 6.45) is 3.15. The summed E-state index contributed by atoms with van der Waals surface area (Å²) in [6, 6.07) is 5.81. The van der Waals surface area contributed by atoms with Gasteiger partial charge in [0.15, 0.2) is 0 Å². The number of nitrogens with one attached hydrogen (secondary N) is 1. The predicted molar refractivity (Wildman–Crippen MR) is 72.9 cm³/mol. The summed E-state index contributed by atoms with van der Waals surface area (Å²) in [7, 11) is 1.64. The Bertz CT molecular complexity index is 331. The third kappa shape index (κ3) is 5.39. The Balaban J connectivity index is 2.27. The van der Waals surface area contributed by atoms with Gasteiger partial charge in [-0.1, -0.05) is 17.7 Å². The summed E-state index contributed by atoms with van der Waals surface area (Å²) < 4.78 is 5.11. The van der Waals surface area contributed by atoms with E-state index in [0.717, 1.165) is 55.2 Å². The van der Waals surface area contributed by atoms with Crippen LogP contribution in [0.2, 0.25) is 5.02 Å². The van der Waals surface area contributed by atoms with E-state index in [1.165, 1.54) is 0 Å². The van der Waals surface area contributed by atoms with Gasteiger partial charge in [0, 0.05) is 5.02 Å². The maximum absolute atomic E-state index is 6.15. The van der Waals surface area contributed by atoms with Crippen LogP contribution in [-0.2, 0) is 6.42 Å². The Hall–Kier alpha value is -0.770. The molecule has 4 heteroatoms.